The third-order valence-electron chi connectivity index (χ3n) is 4.26. The highest BCUT2D eigenvalue weighted by molar-refractivity contribution is 7.99. The van der Waals surface area contributed by atoms with E-state index in [1.807, 2.05) is 53.4 Å². The van der Waals surface area contributed by atoms with E-state index >= 15 is 0 Å². The van der Waals surface area contributed by atoms with Crippen molar-refractivity contribution >= 4 is 17.7 Å². The molecule has 2 aromatic carbocycles. The molecule has 1 heterocycles. The lowest BCUT2D eigenvalue weighted by atomic mass is 10.1. The number of thioether (sulfide) groups is 1. The molecule has 2 aromatic rings. The van der Waals surface area contributed by atoms with E-state index in [0.29, 0.717) is 13.2 Å². The van der Waals surface area contributed by atoms with Crippen LogP contribution in [0.15, 0.2) is 48.5 Å². The summed E-state index contributed by atoms with van der Waals surface area (Å²) in [5, 5.41) is -0.0660. The van der Waals surface area contributed by atoms with Gasteiger partial charge in [-0.05, 0) is 17.7 Å². The van der Waals surface area contributed by atoms with Gasteiger partial charge < -0.3 is 19.1 Å². The van der Waals surface area contributed by atoms with Crippen molar-refractivity contribution in [3.8, 4) is 11.5 Å². The first-order valence-electron chi connectivity index (χ1n) is 8.47. The second-order valence-electron chi connectivity index (χ2n) is 5.90. The number of amides is 1. The molecule has 1 aliphatic heterocycles. The fourth-order valence-electron chi connectivity index (χ4n) is 2.92. The zero-order chi connectivity index (χ0) is 18.4. The van der Waals surface area contributed by atoms with Crippen LogP contribution >= 0.6 is 11.8 Å². The third kappa shape index (κ3) is 4.31. The number of nitrogens with zero attached hydrogens (tertiary/aromatic N) is 1. The average Bonchev–Trinajstić information content (AvgIpc) is 3.18. The maximum Gasteiger partial charge on any atom is 0.249 e. The van der Waals surface area contributed by atoms with Crippen molar-refractivity contribution in [2.24, 2.45) is 0 Å². The van der Waals surface area contributed by atoms with Gasteiger partial charge in [0.2, 0.25) is 5.91 Å². The summed E-state index contributed by atoms with van der Waals surface area (Å²) in [6, 6.07) is 15.6. The van der Waals surface area contributed by atoms with Gasteiger partial charge in [0.1, 0.15) is 23.5 Å². The van der Waals surface area contributed by atoms with Gasteiger partial charge in [0.25, 0.3) is 0 Å². The van der Waals surface area contributed by atoms with Crippen LogP contribution in [-0.2, 0) is 16.1 Å². The quantitative estimate of drug-likeness (QED) is 0.743. The van der Waals surface area contributed by atoms with Crippen LogP contribution in [0.3, 0.4) is 0 Å². The summed E-state index contributed by atoms with van der Waals surface area (Å²) < 4.78 is 16.4. The summed E-state index contributed by atoms with van der Waals surface area (Å²) in [4.78, 5) is 14.5. The molecule has 0 spiro atoms. The van der Waals surface area contributed by atoms with Crippen molar-refractivity contribution in [2.45, 2.75) is 12.0 Å². The highest BCUT2D eigenvalue weighted by Gasteiger charge is 2.32. The Kier molecular flexibility index (Phi) is 6.41. The van der Waals surface area contributed by atoms with Crippen molar-refractivity contribution < 1.29 is 19.0 Å². The summed E-state index contributed by atoms with van der Waals surface area (Å²) in [5.74, 6) is 2.35. The number of hydrogen-bond donors (Lipinski definition) is 0. The van der Waals surface area contributed by atoms with Crippen LogP contribution < -0.4 is 9.47 Å². The highest BCUT2D eigenvalue weighted by Crippen LogP contribution is 2.42. The number of carbonyl (C=O) groups is 1. The van der Waals surface area contributed by atoms with Crippen LogP contribution in [-0.4, -0.2) is 43.9 Å². The molecule has 138 valence electrons. The van der Waals surface area contributed by atoms with Gasteiger partial charge >= 0.3 is 0 Å². The van der Waals surface area contributed by atoms with Crippen molar-refractivity contribution in [1.82, 2.24) is 4.90 Å². The monoisotopic (exact) mass is 373 g/mol. The van der Waals surface area contributed by atoms with Gasteiger partial charge in [-0.2, -0.15) is 0 Å². The standard InChI is InChI=1S/C20H23NO4S/c1-23-16-8-9-17(18(12-16)24-2)20-21(10-11-26-20)19(22)14-25-13-15-6-4-3-5-7-15/h3-9,12,20H,10-11,13-14H2,1-2H3. The Morgan fingerprint density at radius 2 is 1.96 bits per heavy atom. The minimum Gasteiger partial charge on any atom is -0.497 e. The van der Waals surface area contributed by atoms with Crippen LogP contribution in [0.5, 0.6) is 11.5 Å². The third-order valence-corrected chi connectivity index (χ3v) is 5.50. The van der Waals surface area contributed by atoms with Crippen molar-refractivity contribution in [3.63, 3.8) is 0 Å². The molecule has 1 unspecified atom stereocenters. The minimum atomic E-state index is -0.0660. The van der Waals surface area contributed by atoms with E-state index in [1.54, 1.807) is 26.0 Å². The Labute approximate surface area is 158 Å². The molecular weight excluding hydrogens is 350 g/mol. The van der Waals surface area contributed by atoms with Crippen molar-refractivity contribution in [2.75, 3.05) is 33.1 Å². The maximum atomic E-state index is 12.7. The number of rotatable bonds is 7. The lowest BCUT2D eigenvalue weighted by Gasteiger charge is -2.25. The SMILES string of the molecule is COc1ccc(C2SCCN2C(=O)COCc2ccccc2)c(OC)c1. The summed E-state index contributed by atoms with van der Waals surface area (Å²) in [7, 11) is 3.26. The van der Waals surface area contributed by atoms with E-state index in [1.165, 1.54) is 0 Å². The summed E-state index contributed by atoms with van der Waals surface area (Å²) in [5.41, 5.74) is 2.04. The first kappa shape index (κ1) is 18.6. The maximum absolute atomic E-state index is 12.7. The van der Waals surface area contributed by atoms with Crippen LogP contribution in [0.25, 0.3) is 0 Å². The molecule has 1 saturated heterocycles. The average molecular weight is 373 g/mol. The molecule has 26 heavy (non-hydrogen) atoms. The van der Waals surface area contributed by atoms with Gasteiger partial charge in [-0.15, -0.1) is 11.8 Å². The molecule has 0 radical (unpaired) electrons. The molecule has 0 aromatic heterocycles. The fourth-order valence-corrected chi connectivity index (χ4v) is 4.22. The second kappa shape index (κ2) is 8.96. The largest absolute Gasteiger partial charge is 0.497 e. The Bertz CT molecular complexity index is 738. The van der Waals surface area contributed by atoms with E-state index in [9.17, 15) is 4.79 Å². The predicted octanol–water partition coefficient (Wildman–Crippen LogP) is 3.49. The first-order valence-corrected chi connectivity index (χ1v) is 9.52. The van der Waals surface area contributed by atoms with Crippen molar-refractivity contribution in [1.29, 1.82) is 0 Å². The van der Waals surface area contributed by atoms with Gasteiger partial charge in [-0.3, -0.25) is 4.79 Å². The molecule has 0 saturated carbocycles. The Balaban J connectivity index is 1.65. The summed E-state index contributed by atoms with van der Waals surface area (Å²) in [6.45, 7) is 1.21. The molecule has 6 heteroatoms. The Morgan fingerprint density at radius 3 is 2.69 bits per heavy atom. The van der Waals surface area contributed by atoms with Crippen LogP contribution in [0.1, 0.15) is 16.5 Å². The molecule has 0 N–H and O–H groups in total. The second-order valence-corrected chi connectivity index (χ2v) is 7.08. The molecule has 1 amide bonds. The number of methoxy groups -OCH3 is 2. The number of ether oxygens (including phenoxy) is 3. The minimum absolute atomic E-state index is 0.00574. The smallest absolute Gasteiger partial charge is 0.249 e. The van der Waals surface area contributed by atoms with Crippen molar-refractivity contribution in [3.05, 3.63) is 59.7 Å². The number of carbonyl (C=O) groups excluding carboxylic acids is 1. The highest BCUT2D eigenvalue weighted by atomic mass is 32.2. The summed E-state index contributed by atoms with van der Waals surface area (Å²) >= 11 is 1.73. The molecule has 3 rings (SSSR count). The van der Waals surface area contributed by atoms with Gasteiger partial charge in [-0.1, -0.05) is 30.3 Å². The zero-order valence-corrected chi connectivity index (χ0v) is 15.8. The normalized spacial score (nSPS) is 16.5. The molecule has 0 bridgehead atoms. The van der Waals surface area contributed by atoms with Gasteiger partial charge in [-0.25, -0.2) is 0 Å². The number of benzene rings is 2. The number of hydrogen-bond acceptors (Lipinski definition) is 5. The molecule has 1 fully saturated rings. The predicted molar refractivity (Wildman–Crippen MR) is 103 cm³/mol. The van der Waals surface area contributed by atoms with E-state index in [2.05, 4.69) is 0 Å². The molecular formula is C20H23NO4S. The van der Waals surface area contributed by atoms with Crippen LogP contribution in [0.4, 0.5) is 0 Å². The molecule has 0 aliphatic carbocycles. The van der Waals surface area contributed by atoms with Gasteiger partial charge in [0, 0.05) is 23.9 Å². The lowest BCUT2D eigenvalue weighted by Crippen LogP contribution is -2.33. The lowest BCUT2D eigenvalue weighted by molar-refractivity contribution is -0.136. The van der Waals surface area contributed by atoms with E-state index in [4.69, 9.17) is 14.2 Å². The Hall–Kier alpha value is -2.18. The zero-order valence-electron chi connectivity index (χ0n) is 15.0. The van der Waals surface area contributed by atoms with E-state index in [0.717, 1.165) is 28.4 Å². The fraction of sp³-hybridized carbons (Fsp3) is 0.350. The van der Waals surface area contributed by atoms with Crippen LogP contribution in [0.2, 0.25) is 0 Å². The van der Waals surface area contributed by atoms with Gasteiger partial charge in [0.15, 0.2) is 0 Å². The first-order chi connectivity index (χ1) is 12.7. The van der Waals surface area contributed by atoms with E-state index in [-0.39, 0.29) is 17.9 Å². The van der Waals surface area contributed by atoms with E-state index < -0.39 is 0 Å². The topological polar surface area (TPSA) is 48.0 Å². The van der Waals surface area contributed by atoms with Crippen LogP contribution in [0, 0.1) is 0 Å². The summed E-state index contributed by atoms with van der Waals surface area (Å²) in [6.07, 6.45) is 0. The Morgan fingerprint density at radius 1 is 1.15 bits per heavy atom. The molecule has 1 aliphatic rings. The van der Waals surface area contributed by atoms with Gasteiger partial charge in [0.05, 0.1) is 20.8 Å². The molecule has 1 atom stereocenters. The molecule has 5 nitrogen and oxygen atoms in total.